The van der Waals surface area contributed by atoms with E-state index in [1.165, 1.54) is 32.1 Å². The van der Waals surface area contributed by atoms with E-state index in [0.717, 1.165) is 11.8 Å². The van der Waals surface area contributed by atoms with Gasteiger partial charge in [-0.3, -0.25) is 0 Å². The van der Waals surface area contributed by atoms with Gasteiger partial charge in [0.1, 0.15) is 0 Å². The van der Waals surface area contributed by atoms with Crippen molar-refractivity contribution >= 4 is 0 Å². The van der Waals surface area contributed by atoms with Crippen LogP contribution in [0.5, 0.6) is 0 Å². The molecule has 0 spiro atoms. The first-order chi connectivity index (χ1) is 5.64. The highest BCUT2D eigenvalue weighted by Gasteiger charge is 2.58. The summed E-state index contributed by atoms with van der Waals surface area (Å²) < 4.78 is 0. The van der Waals surface area contributed by atoms with Gasteiger partial charge in [-0.05, 0) is 17.3 Å². The standard InChI is InChI=1S/C11H21N/c1-11(2)9(10(11)12)8-6-4-3-5-7-8/h8-10H,3-7,12H2,1-2H3. The minimum absolute atomic E-state index is 0.460. The van der Waals surface area contributed by atoms with Gasteiger partial charge in [0.2, 0.25) is 0 Å². The summed E-state index contributed by atoms with van der Waals surface area (Å²) in [4.78, 5) is 0. The first-order valence-electron chi connectivity index (χ1n) is 5.39. The molecule has 0 aromatic rings. The van der Waals surface area contributed by atoms with Crippen LogP contribution in [0.15, 0.2) is 0 Å². The Bertz CT molecular complexity index is 168. The Morgan fingerprint density at radius 3 is 2.00 bits per heavy atom. The lowest BCUT2D eigenvalue weighted by Gasteiger charge is -2.22. The third-order valence-electron chi connectivity index (χ3n) is 4.15. The van der Waals surface area contributed by atoms with Crippen molar-refractivity contribution in [2.75, 3.05) is 0 Å². The molecule has 2 saturated carbocycles. The van der Waals surface area contributed by atoms with Crippen LogP contribution in [0.3, 0.4) is 0 Å². The van der Waals surface area contributed by atoms with Gasteiger partial charge in [0.25, 0.3) is 0 Å². The van der Waals surface area contributed by atoms with E-state index in [1.54, 1.807) is 0 Å². The maximum Gasteiger partial charge on any atom is 0.0130 e. The van der Waals surface area contributed by atoms with E-state index >= 15 is 0 Å². The summed E-state index contributed by atoms with van der Waals surface area (Å²) in [5.74, 6) is 1.81. The van der Waals surface area contributed by atoms with Gasteiger partial charge in [0.15, 0.2) is 0 Å². The summed E-state index contributed by atoms with van der Waals surface area (Å²) in [6.07, 6.45) is 7.25. The lowest BCUT2D eigenvalue weighted by atomic mass is 9.83. The molecule has 2 unspecified atom stereocenters. The van der Waals surface area contributed by atoms with Gasteiger partial charge < -0.3 is 5.73 Å². The highest BCUT2D eigenvalue weighted by Crippen LogP contribution is 2.57. The zero-order chi connectivity index (χ0) is 8.77. The second-order valence-electron chi connectivity index (χ2n) is 5.27. The van der Waals surface area contributed by atoms with Crippen molar-refractivity contribution in [2.45, 2.75) is 52.0 Å². The van der Waals surface area contributed by atoms with Crippen molar-refractivity contribution in [3.8, 4) is 0 Å². The van der Waals surface area contributed by atoms with Gasteiger partial charge in [0.05, 0.1) is 0 Å². The SMILES string of the molecule is CC1(C)C(N)C1C1CCCCC1. The van der Waals surface area contributed by atoms with Crippen LogP contribution in [-0.2, 0) is 0 Å². The maximum atomic E-state index is 6.08. The van der Waals surface area contributed by atoms with E-state index in [9.17, 15) is 0 Å². The second kappa shape index (κ2) is 2.73. The fourth-order valence-electron chi connectivity index (χ4n) is 3.11. The summed E-state index contributed by atoms with van der Waals surface area (Å²) in [5, 5.41) is 0. The Balaban J connectivity index is 1.93. The van der Waals surface area contributed by atoms with E-state index in [1.807, 2.05) is 0 Å². The summed E-state index contributed by atoms with van der Waals surface area (Å²) in [7, 11) is 0. The topological polar surface area (TPSA) is 26.0 Å². The zero-order valence-electron chi connectivity index (χ0n) is 8.34. The smallest absolute Gasteiger partial charge is 0.0130 e. The molecule has 70 valence electrons. The van der Waals surface area contributed by atoms with Crippen LogP contribution in [-0.4, -0.2) is 6.04 Å². The van der Waals surface area contributed by atoms with E-state index in [0.29, 0.717) is 11.5 Å². The molecule has 2 N–H and O–H groups in total. The second-order valence-corrected chi connectivity index (χ2v) is 5.27. The fraction of sp³-hybridized carbons (Fsp3) is 1.00. The van der Waals surface area contributed by atoms with Crippen molar-refractivity contribution in [2.24, 2.45) is 23.0 Å². The van der Waals surface area contributed by atoms with E-state index < -0.39 is 0 Å². The van der Waals surface area contributed by atoms with Crippen LogP contribution < -0.4 is 5.73 Å². The van der Waals surface area contributed by atoms with Crippen LogP contribution in [0.25, 0.3) is 0 Å². The number of hydrogen-bond acceptors (Lipinski definition) is 1. The number of rotatable bonds is 1. The van der Waals surface area contributed by atoms with Crippen LogP contribution >= 0.6 is 0 Å². The normalized spacial score (nSPS) is 41.2. The van der Waals surface area contributed by atoms with Crippen molar-refractivity contribution in [1.82, 2.24) is 0 Å². The molecule has 2 atom stereocenters. The lowest BCUT2D eigenvalue weighted by molar-refractivity contribution is 0.290. The molecular weight excluding hydrogens is 146 g/mol. The van der Waals surface area contributed by atoms with Crippen molar-refractivity contribution in [1.29, 1.82) is 0 Å². The Labute approximate surface area is 75.7 Å². The molecule has 2 aliphatic rings. The fourth-order valence-corrected chi connectivity index (χ4v) is 3.11. The van der Waals surface area contributed by atoms with Gasteiger partial charge in [-0.15, -0.1) is 0 Å². The number of nitrogens with two attached hydrogens (primary N) is 1. The van der Waals surface area contributed by atoms with Gasteiger partial charge in [-0.25, -0.2) is 0 Å². The Kier molecular flexibility index (Phi) is 1.95. The van der Waals surface area contributed by atoms with Crippen LogP contribution in [0.4, 0.5) is 0 Å². The lowest BCUT2D eigenvalue weighted by Crippen LogP contribution is -2.13. The molecule has 1 nitrogen and oxygen atoms in total. The summed E-state index contributed by atoms with van der Waals surface area (Å²) >= 11 is 0. The molecule has 0 aromatic carbocycles. The van der Waals surface area contributed by atoms with Gasteiger partial charge >= 0.3 is 0 Å². The first-order valence-corrected chi connectivity index (χ1v) is 5.39. The van der Waals surface area contributed by atoms with E-state index in [-0.39, 0.29) is 0 Å². The first kappa shape index (κ1) is 8.55. The molecule has 0 saturated heterocycles. The van der Waals surface area contributed by atoms with Gasteiger partial charge in [-0.1, -0.05) is 46.0 Å². The summed E-state index contributed by atoms with van der Waals surface area (Å²) in [6, 6.07) is 0.501. The molecule has 0 heterocycles. The van der Waals surface area contributed by atoms with E-state index in [4.69, 9.17) is 5.73 Å². The Hall–Kier alpha value is -0.0400. The quantitative estimate of drug-likeness (QED) is 0.638. The maximum absolute atomic E-state index is 6.08. The molecule has 0 radical (unpaired) electrons. The molecule has 0 aliphatic heterocycles. The van der Waals surface area contributed by atoms with Crippen molar-refractivity contribution in [3.63, 3.8) is 0 Å². The highest BCUT2D eigenvalue weighted by molar-refractivity contribution is 5.11. The minimum Gasteiger partial charge on any atom is -0.327 e. The van der Waals surface area contributed by atoms with Gasteiger partial charge in [-0.2, -0.15) is 0 Å². The van der Waals surface area contributed by atoms with E-state index in [2.05, 4.69) is 13.8 Å². The molecular formula is C11H21N. The highest BCUT2D eigenvalue weighted by atomic mass is 14.8. The molecule has 2 rings (SSSR count). The third-order valence-corrected chi connectivity index (χ3v) is 4.15. The third kappa shape index (κ3) is 1.19. The Morgan fingerprint density at radius 1 is 1.08 bits per heavy atom. The van der Waals surface area contributed by atoms with Crippen LogP contribution in [0, 0.1) is 17.3 Å². The largest absolute Gasteiger partial charge is 0.327 e. The molecule has 0 amide bonds. The molecule has 2 aliphatic carbocycles. The predicted octanol–water partition coefficient (Wildman–Crippen LogP) is 2.55. The summed E-state index contributed by atoms with van der Waals surface area (Å²) in [5.41, 5.74) is 6.54. The predicted molar refractivity (Wildman–Crippen MR) is 51.8 cm³/mol. The van der Waals surface area contributed by atoms with Gasteiger partial charge in [0, 0.05) is 6.04 Å². The zero-order valence-corrected chi connectivity index (χ0v) is 8.34. The molecule has 2 fully saturated rings. The van der Waals surface area contributed by atoms with Crippen molar-refractivity contribution in [3.05, 3.63) is 0 Å². The molecule has 12 heavy (non-hydrogen) atoms. The monoisotopic (exact) mass is 167 g/mol. The average molecular weight is 167 g/mol. The Morgan fingerprint density at radius 2 is 1.58 bits per heavy atom. The summed E-state index contributed by atoms with van der Waals surface area (Å²) in [6.45, 7) is 4.66. The molecule has 0 bridgehead atoms. The number of hydrogen-bond donors (Lipinski definition) is 1. The van der Waals surface area contributed by atoms with Crippen molar-refractivity contribution < 1.29 is 0 Å². The van der Waals surface area contributed by atoms with Crippen LogP contribution in [0.2, 0.25) is 0 Å². The van der Waals surface area contributed by atoms with Crippen LogP contribution in [0.1, 0.15) is 46.0 Å². The molecule has 1 heteroatoms. The average Bonchev–Trinajstić information content (AvgIpc) is 2.53. The molecule has 0 aromatic heterocycles. The minimum atomic E-state index is 0.460.